The first kappa shape index (κ1) is 22.7. The number of nitrogens with two attached hydrogens (primary N) is 1. The molecule has 4 aliphatic rings. The molecule has 6 rings (SSSR count). The van der Waals surface area contributed by atoms with Crippen LogP contribution in [0.5, 0.6) is 0 Å². The van der Waals surface area contributed by atoms with Gasteiger partial charge in [-0.3, -0.25) is 14.4 Å². The summed E-state index contributed by atoms with van der Waals surface area (Å²) in [5.41, 5.74) is 6.37. The molecule has 0 radical (unpaired) electrons. The topological polar surface area (TPSA) is 119 Å². The Kier molecular flexibility index (Phi) is 5.16. The van der Waals surface area contributed by atoms with Crippen molar-refractivity contribution in [1.82, 2.24) is 9.55 Å². The predicted octanol–water partition coefficient (Wildman–Crippen LogP) is 2.43. The summed E-state index contributed by atoms with van der Waals surface area (Å²) in [6.07, 6.45) is 4.97. The van der Waals surface area contributed by atoms with Crippen LogP contribution in [-0.2, 0) is 11.8 Å². The zero-order valence-electron chi connectivity index (χ0n) is 19.5. The van der Waals surface area contributed by atoms with Gasteiger partial charge in [0.1, 0.15) is 0 Å². The maximum atomic E-state index is 13.9. The molecular weight excluding hydrogens is 439 g/mol. The first-order valence-corrected chi connectivity index (χ1v) is 11.7. The Morgan fingerprint density at radius 1 is 1.18 bits per heavy atom. The molecular formula is C25H29FN4O4. The number of carbonyl (C=O) groups is 3. The Morgan fingerprint density at radius 2 is 1.82 bits per heavy atom. The van der Waals surface area contributed by atoms with Crippen molar-refractivity contribution in [1.29, 1.82) is 0 Å². The lowest BCUT2D eigenvalue weighted by molar-refractivity contribution is -0.139. The lowest BCUT2D eigenvalue weighted by Crippen LogP contribution is -2.63. The van der Waals surface area contributed by atoms with E-state index in [0.29, 0.717) is 35.7 Å². The second kappa shape index (κ2) is 7.73. The van der Waals surface area contributed by atoms with Gasteiger partial charge < -0.3 is 20.3 Å². The number of aromatic nitrogens is 2. The molecule has 0 aromatic carbocycles. The summed E-state index contributed by atoms with van der Waals surface area (Å²) in [6.45, 7) is 3.28. The number of aliphatic hydroxyl groups is 1. The zero-order valence-corrected chi connectivity index (χ0v) is 19.5. The van der Waals surface area contributed by atoms with Gasteiger partial charge in [0, 0.05) is 18.8 Å². The van der Waals surface area contributed by atoms with Crippen LogP contribution in [0.25, 0.3) is 0 Å². The van der Waals surface area contributed by atoms with Gasteiger partial charge in [-0.05, 0) is 81.4 Å². The molecule has 8 nitrogen and oxygen atoms in total. The van der Waals surface area contributed by atoms with Crippen molar-refractivity contribution < 1.29 is 23.9 Å². The van der Waals surface area contributed by atoms with E-state index < -0.39 is 29.1 Å². The molecule has 2 heterocycles. The van der Waals surface area contributed by atoms with Crippen molar-refractivity contribution in [3.05, 3.63) is 46.8 Å². The van der Waals surface area contributed by atoms with Crippen molar-refractivity contribution in [2.24, 2.45) is 30.5 Å². The molecule has 4 saturated carbocycles. The van der Waals surface area contributed by atoms with E-state index in [2.05, 4.69) is 4.98 Å². The Bertz CT molecular complexity index is 1190. The van der Waals surface area contributed by atoms with E-state index in [1.165, 1.54) is 27.8 Å². The van der Waals surface area contributed by atoms with Crippen LogP contribution in [0, 0.1) is 37.5 Å². The van der Waals surface area contributed by atoms with Crippen LogP contribution in [0.4, 0.5) is 10.1 Å². The highest BCUT2D eigenvalue weighted by Crippen LogP contribution is 2.57. The summed E-state index contributed by atoms with van der Waals surface area (Å²) in [4.78, 5) is 44.7. The van der Waals surface area contributed by atoms with E-state index in [1.54, 1.807) is 20.9 Å². The first-order chi connectivity index (χ1) is 16.0. The number of amides is 2. The lowest BCUT2D eigenvalue weighted by Gasteiger charge is -2.60. The Labute approximate surface area is 196 Å². The van der Waals surface area contributed by atoms with Gasteiger partial charge in [0.25, 0.3) is 11.7 Å². The molecule has 4 aliphatic carbocycles. The number of rotatable bonds is 5. The van der Waals surface area contributed by atoms with Crippen LogP contribution < -0.4 is 10.6 Å². The number of anilines is 1. The maximum absolute atomic E-state index is 13.9. The van der Waals surface area contributed by atoms with Gasteiger partial charge in [-0.15, -0.1) is 0 Å². The Balaban J connectivity index is 1.58. The standard InChI is InChI=1S/C25H29FN4O4/c1-12-19(23(27)32)13(2)29(3)20(12)22(31)24(33)30(17-4-5-18(26)28-11-17)21-15-6-14-7-16(21)10-25(34,8-14)9-15/h4-5,11,14-16,21,34H,6-10H2,1-3H3,(H2,27,32). The molecule has 2 amide bonds. The fourth-order valence-electron chi connectivity index (χ4n) is 7.18. The van der Waals surface area contributed by atoms with Crippen LogP contribution in [-0.4, -0.2) is 43.9 Å². The van der Waals surface area contributed by atoms with Crippen LogP contribution >= 0.6 is 0 Å². The summed E-state index contributed by atoms with van der Waals surface area (Å²) in [5.74, 6) is -2.36. The minimum absolute atomic E-state index is 0.0375. The highest BCUT2D eigenvalue weighted by atomic mass is 19.1. The quantitative estimate of drug-likeness (QED) is 0.397. The van der Waals surface area contributed by atoms with Crippen molar-refractivity contribution in [3.63, 3.8) is 0 Å². The number of pyridine rings is 1. The number of ketones is 1. The third-order valence-corrected chi connectivity index (χ3v) is 8.28. The molecule has 2 aromatic heterocycles. The summed E-state index contributed by atoms with van der Waals surface area (Å²) >= 11 is 0. The van der Waals surface area contributed by atoms with E-state index in [0.717, 1.165) is 19.3 Å². The normalized spacial score (nSPS) is 29.3. The molecule has 0 spiro atoms. The monoisotopic (exact) mass is 468 g/mol. The Morgan fingerprint density at radius 3 is 2.32 bits per heavy atom. The van der Waals surface area contributed by atoms with E-state index in [4.69, 9.17) is 5.73 Å². The number of Topliss-reactive ketones (excluding diaryl/α,β-unsaturated/α-hetero) is 1. The minimum Gasteiger partial charge on any atom is -0.390 e. The summed E-state index contributed by atoms with van der Waals surface area (Å²) in [7, 11) is 1.62. The molecule has 3 N–H and O–H groups in total. The first-order valence-electron chi connectivity index (χ1n) is 11.7. The molecule has 2 aromatic rings. The highest BCUT2D eigenvalue weighted by molar-refractivity contribution is 6.47. The predicted molar refractivity (Wildman–Crippen MR) is 122 cm³/mol. The second-order valence-corrected chi connectivity index (χ2v) is 10.4. The van der Waals surface area contributed by atoms with Gasteiger partial charge in [0.05, 0.1) is 28.7 Å². The van der Waals surface area contributed by atoms with Gasteiger partial charge in [-0.2, -0.15) is 4.39 Å². The Hall–Kier alpha value is -3.07. The largest absolute Gasteiger partial charge is 0.390 e. The van der Waals surface area contributed by atoms with Crippen molar-refractivity contribution >= 4 is 23.3 Å². The van der Waals surface area contributed by atoms with E-state index in [1.807, 2.05) is 0 Å². The molecule has 2 atom stereocenters. The summed E-state index contributed by atoms with van der Waals surface area (Å²) in [5, 5.41) is 11.0. The number of hydrogen-bond acceptors (Lipinski definition) is 5. The van der Waals surface area contributed by atoms with Crippen LogP contribution in [0.1, 0.15) is 64.2 Å². The van der Waals surface area contributed by atoms with E-state index >= 15 is 0 Å². The van der Waals surface area contributed by atoms with Gasteiger partial charge in [0.2, 0.25) is 5.95 Å². The van der Waals surface area contributed by atoms with Gasteiger partial charge in [0.15, 0.2) is 0 Å². The third kappa shape index (κ3) is 3.36. The smallest absolute Gasteiger partial charge is 0.301 e. The fourth-order valence-corrected chi connectivity index (χ4v) is 7.18. The number of primary amides is 1. The fraction of sp³-hybridized carbons (Fsp3) is 0.520. The molecule has 0 aliphatic heterocycles. The van der Waals surface area contributed by atoms with Crippen molar-refractivity contribution in [2.45, 2.75) is 57.6 Å². The molecule has 0 saturated heterocycles. The minimum atomic E-state index is -0.757. The molecule has 180 valence electrons. The molecule has 4 fully saturated rings. The van der Waals surface area contributed by atoms with Crippen LogP contribution in [0.2, 0.25) is 0 Å². The number of hydrogen-bond donors (Lipinski definition) is 2. The number of halogens is 1. The highest BCUT2D eigenvalue weighted by Gasteiger charge is 2.57. The number of carbonyl (C=O) groups excluding carboxylic acids is 3. The molecule has 2 unspecified atom stereocenters. The maximum Gasteiger partial charge on any atom is 0.301 e. The van der Waals surface area contributed by atoms with Crippen LogP contribution in [0.3, 0.4) is 0 Å². The van der Waals surface area contributed by atoms with E-state index in [-0.39, 0.29) is 29.1 Å². The second-order valence-electron chi connectivity index (χ2n) is 10.4. The van der Waals surface area contributed by atoms with Gasteiger partial charge in [-0.1, -0.05) is 0 Å². The molecule has 4 bridgehead atoms. The SMILES string of the molecule is Cc1c(C(N)=O)c(C)n(C)c1C(=O)C(=O)N(c1ccc(F)nc1)C1C2CC3CC1CC(O)(C3)C2. The molecule has 34 heavy (non-hydrogen) atoms. The van der Waals surface area contributed by atoms with Crippen molar-refractivity contribution in [3.8, 4) is 0 Å². The van der Waals surface area contributed by atoms with Crippen molar-refractivity contribution in [2.75, 3.05) is 4.90 Å². The third-order valence-electron chi connectivity index (χ3n) is 8.28. The average molecular weight is 469 g/mol. The van der Waals surface area contributed by atoms with E-state index in [9.17, 15) is 23.9 Å². The summed E-state index contributed by atoms with van der Waals surface area (Å²) < 4.78 is 15.1. The zero-order chi connectivity index (χ0) is 24.5. The summed E-state index contributed by atoms with van der Waals surface area (Å²) in [6, 6.07) is 2.34. The molecule has 9 heteroatoms. The number of nitrogens with zero attached hydrogens (tertiary/aromatic N) is 3. The van der Waals surface area contributed by atoms with Crippen LogP contribution in [0.15, 0.2) is 18.3 Å². The average Bonchev–Trinajstić information content (AvgIpc) is 2.97. The van der Waals surface area contributed by atoms with Gasteiger partial charge >= 0.3 is 5.91 Å². The lowest BCUT2D eigenvalue weighted by atomic mass is 9.52. The van der Waals surface area contributed by atoms with Gasteiger partial charge in [-0.25, -0.2) is 4.98 Å².